The van der Waals surface area contributed by atoms with Crippen molar-refractivity contribution in [3.05, 3.63) is 33.6 Å². The van der Waals surface area contributed by atoms with Gasteiger partial charge in [-0.1, -0.05) is 36.7 Å². The number of halogens is 1. The van der Waals surface area contributed by atoms with Crippen molar-refractivity contribution in [2.24, 2.45) is 0 Å². The van der Waals surface area contributed by atoms with Crippen molar-refractivity contribution in [2.75, 3.05) is 0 Å². The smallest absolute Gasteiger partial charge is 0.298 e. The highest BCUT2D eigenvalue weighted by molar-refractivity contribution is 9.10. The fourth-order valence-corrected chi connectivity index (χ4v) is 2.59. The average Bonchev–Trinajstić information content (AvgIpc) is 2.74. The Morgan fingerprint density at radius 2 is 1.74 bits per heavy atom. The van der Waals surface area contributed by atoms with Gasteiger partial charge in [0.2, 0.25) is 0 Å². The zero-order chi connectivity index (χ0) is 14.2. The Balaban J connectivity index is 2.25. The fraction of sp³-hybridized carbons (Fsp3) is 0.429. The Morgan fingerprint density at radius 1 is 1.16 bits per heavy atom. The quantitative estimate of drug-likeness (QED) is 0.770. The first-order valence-corrected chi connectivity index (χ1v) is 7.63. The van der Waals surface area contributed by atoms with E-state index in [2.05, 4.69) is 46.1 Å². The van der Waals surface area contributed by atoms with Crippen molar-refractivity contribution >= 4 is 27.5 Å². The van der Waals surface area contributed by atoms with Crippen LogP contribution in [0.3, 0.4) is 0 Å². The minimum atomic E-state index is -0.0519. The van der Waals surface area contributed by atoms with Crippen LogP contribution >= 0.6 is 27.5 Å². The topological polar surface area (TPSA) is 35.0 Å². The molecule has 3 nitrogen and oxygen atoms in total. The molecule has 5 heteroatoms. The van der Waals surface area contributed by atoms with Crippen LogP contribution in [-0.2, 0) is 5.41 Å². The predicted molar refractivity (Wildman–Crippen MR) is 82.3 cm³/mol. The largest absolute Gasteiger partial charge is 0.430 e. The highest BCUT2D eigenvalue weighted by Gasteiger charge is 2.20. The van der Waals surface area contributed by atoms with Crippen LogP contribution in [0, 0.1) is 13.8 Å². The van der Waals surface area contributed by atoms with Crippen LogP contribution in [0.15, 0.2) is 16.6 Å². The molecule has 1 aromatic heterocycles. The number of aromatic nitrogens is 2. The van der Waals surface area contributed by atoms with E-state index in [1.807, 2.05) is 26.0 Å². The molecule has 0 saturated heterocycles. The summed E-state index contributed by atoms with van der Waals surface area (Å²) in [6.07, 6.45) is 0. The molecule has 1 heterocycles. The van der Waals surface area contributed by atoms with Gasteiger partial charge < -0.3 is 4.74 Å². The average molecular weight is 341 g/mol. The maximum atomic E-state index is 5.79. The highest BCUT2D eigenvalue weighted by atomic mass is 79.9. The van der Waals surface area contributed by atoms with Crippen molar-refractivity contribution in [3.8, 4) is 10.9 Å². The fourth-order valence-electron chi connectivity index (χ4n) is 1.62. The van der Waals surface area contributed by atoms with E-state index >= 15 is 0 Å². The minimum Gasteiger partial charge on any atom is -0.430 e. The molecule has 1 aromatic carbocycles. The second kappa shape index (κ2) is 5.21. The number of nitrogens with zero attached hydrogens (tertiary/aromatic N) is 2. The van der Waals surface area contributed by atoms with Crippen molar-refractivity contribution in [1.82, 2.24) is 9.36 Å². The molecule has 0 aliphatic heterocycles. The summed E-state index contributed by atoms with van der Waals surface area (Å²) >= 11 is 4.84. The first-order valence-electron chi connectivity index (χ1n) is 6.06. The summed E-state index contributed by atoms with van der Waals surface area (Å²) in [7, 11) is 0. The van der Waals surface area contributed by atoms with E-state index in [1.54, 1.807) is 0 Å². The van der Waals surface area contributed by atoms with Crippen molar-refractivity contribution in [2.45, 2.75) is 40.0 Å². The number of aryl methyl sites for hydroxylation is 2. The highest BCUT2D eigenvalue weighted by Crippen LogP contribution is 2.31. The summed E-state index contributed by atoms with van der Waals surface area (Å²) < 4.78 is 11.3. The number of rotatable bonds is 2. The Morgan fingerprint density at radius 3 is 2.21 bits per heavy atom. The molecule has 0 aliphatic rings. The van der Waals surface area contributed by atoms with Gasteiger partial charge in [0.15, 0.2) is 5.82 Å². The molecule has 19 heavy (non-hydrogen) atoms. The van der Waals surface area contributed by atoms with Gasteiger partial charge in [-0.2, -0.15) is 9.36 Å². The van der Waals surface area contributed by atoms with Crippen LogP contribution in [0.1, 0.15) is 37.7 Å². The summed E-state index contributed by atoms with van der Waals surface area (Å²) in [5, 5.41) is 0.589. The van der Waals surface area contributed by atoms with Crippen molar-refractivity contribution in [1.29, 1.82) is 0 Å². The van der Waals surface area contributed by atoms with E-state index in [4.69, 9.17) is 4.74 Å². The van der Waals surface area contributed by atoms with Gasteiger partial charge in [0, 0.05) is 21.4 Å². The molecule has 2 rings (SSSR count). The lowest BCUT2D eigenvalue weighted by Crippen LogP contribution is -2.12. The first kappa shape index (κ1) is 14.5. The van der Waals surface area contributed by atoms with E-state index in [9.17, 15) is 0 Å². The molecule has 0 N–H and O–H groups in total. The van der Waals surface area contributed by atoms with Crippen LogP contribution in [0.2, 0.25) is 0 Å². The minimum absolute atomic E-state index is 0.0519. The summed E-state index contributed by atoms with van der Waals surface area (Å²) in [6.45, 7) is 10.4. The molecule has 2 aromatic rings. The maximum absolute atomic E-state index is 5.79. The predicted octanol–water partition coefficient (Wildman–Crippen LogP) is 5.01. The molecule has 0 amide bonds. The number of hydrogen-bond acceptors (Lipinski definition) is 4. The second-order valence-corrected chi connectivity index (χ2v) is 7.11. The molecule has 0 fully saturated rings. The Labute approximate surface area is 126 Å². The molecule has 0 bridgehead atoms. The molecule has 0 unspecified atom stereocenters. The number of benzene rings is 1. The Hall–Kier alpha value is -0.940. The number of ether oxygens (including phenoxy) is 1. The van der Waals surface area contributed by atoms with Crippen molar-refractivity contribution < 1.29 is 4.74 Å². The third-order valence-corrected chi connectivity index (χ3v) is 4.54. The molecule has 0 atom stereocenters. The van der Waals surface area contributed by atoms with Gasteiger partial charge in [-0.05, 0) is 37.1 Å². The molecule has 0 spiro atoms. The summed E-state index contributed by atoms with van der Waals surface area (Å²) in [5.74, 6) is 1.62. The van der Waals surface area contributed by atoms with Gasteiger partial charge in [-0.15, -0.1) is 0 Å². The van der Waals surface area contributed by atoms with Crippen LogP contribution in [0.25, 0.3) is 0 Å². The molecular formula is C14H17BrN2OS. The summed E-state index contributed by atoms with van der Waals surface area (Å²) in [6, 6.07) is 3.99. The van der Waals surface area contributed by atoms with E-state index in [0.717, 1.165) is 27.2 Å². The van der Waals surface area contributed by atoms with Gasteiger partial charge in [0.05, 0.1) is 0 Å². The molecular weight excluding hydrogens is 324 g/mol. The van der Waals surface area contributed by atoms with Crippen LogP contribution in [-0.4, -0.2) is 9.36 Å². The van der Waals surface area contributed by atoms with Crippen LogP contribution in [0.4, 0.5) is 0 Å². The molecule has 0 radical (unpaired) electrons. The summed E-state index contributed by atoms with van der Waals surface area (Å²) in [5.41, 5.74) is 2.25. The van der Waals surface area contributed by atoms with Gasteiger partial charge >= 0.3 is 0 Å². The lowest BCUT2D eigenvalue weighted by Gasteiger charge is -2.12. The van der Waals surface area contributed by atoms with Gasteiger partial charge in [-0.3, -0.25) is 0 Å². The third-order valence-electron chi connectivity index (χ3n) is 2.69. The Bertz CT molecular complexity index is 579. The van der Waals surface area contributed by atoms with Crippen molar-refractivity contribution in [3.63, 3.8) is 0 Å². The normalized spacial score (nSPS) is 11.7. The summed E-state index contributed by atoms with van der Waals surface area (Å²) in [4.78, 5) is 4.43. The van der Waals surface area contributed by atoms with E-state index in [-0.39, 0.29) is 5.41 Å². The number of hydrogen-bond donors (Lipinski definition) is 0. The van der Waals surface area contributed by atoms with Crippen LogP contribution < -0.4 is 4.74 Å². The monoisotopic (exact) mass is 340 g/mol. The Kier molecular flexibility index (Phi) is 3.97. The van der Waals surface area contributed by atoms with Crippen LogP contribution in [0.5, 0.6) is 10.9 Å². The zero-order valence-corrected chi connectivity index (χ0v) is 14.1. The van der Waals surface area contributed by atoms with Gasteiger partial charge in [0.25, 0.3) is 5.19 Å². The van der Waals surface area contributed by atoms with E-state index < -0.39 is 0 Å². The van der Waals surface area contributed by atoms with E-state index in [1.165, 1.54) is 11.5 Å². The molecule has 102 valence electrons. The van der Waals surface area contributed by atoms with Gasteiger partial charge in [-0.25, -0.2) is 0 Å². The SMILES string of the molecule is Cc1cc(Oc2nc(C(C)(C)C)ns2)cc(C)c1Br. The third kappa shape index (κ3) is 3.34. The lowest BCUT2D eigenvalue weighted by atomic mass is 9.96. The maximum Gasteiger partial charge on any atom is 0.298 e. The molecule has 0 aliphatic carbocycles. The zero-order valence-electron chi connectivity index (χ0n) is 11.7. The first-order chi connectivity index (χ1) is 8.77. The second-order valence-electron chi connectivity index (χ2n) is 5.61. The standard InChI is InChI=1S/C14H17BrN2OS/c1-8-6-10(7-9(2)11(8)15)18-13-16-12(17-19-13)14(3,4)5/h6-7H,1-5H3. The molecule has 0 saturated carbocycles. The lowest BCUT2D eigenvalue weighted by molar-refractivity contribution is 0.467. The van der Waals surface area contributed by atoms with Gasteiger partial charge in [0.1, 0.15) is 5.75 Å². The van der Waals surface area contributed by atoms with E-state index in [0.29, 0.717) is 5.19 Å².